The van der Waals surface area contributed by atoms with E-state index in [1.165, 1.54) is 11.3 Å². The van der Waals surface area contributed by atoms with E-state index >= 15 is 0 Å². The Balaban J connectivity index is 1.15. The fraction of sp³-hybridized carbons (Fsp3) is 0.310. The number of aryl methyl sites for hydroxylation is 2. The molecule has 4 rings (SSSR count). The SMILES string of the molecule is O=C(Cc1ccccc1)Nc1ccc(CCCCc2nnc(NC(=O)Cc3cccc(OC(CO)CO)c3)s2)nn1. The number of aromatic nitrogens is 4. The number of nitrogens with one attached hydrogen (secondary N) is 2. The average Bonchev–Trinajstić information content (AvgIpc) is 3.42. The Bertz CT molecular complexity index is 1400. The van der Waals surface area contributed by atoms with Crippen molar-refractivity contribution >= 4 is 34.1 Å². The molecule has 0 saturated carbocycles. The highest BCUT2D eigenvalue weighted by molar-refractivity contribution is 7.15. The van der Waals surface area contributed by atoms with Crippen LogP contribution in [0.2, 0.25) is 0 Å². The van der Waals surface area contributed by atoms with Crippen molar-refractivity contribution in [2.45, 2.75) is 44.6 Å². The second kappa shape index (κ2) is 15.5. The molecular formula is C29H32N6O5S. The minimum absolute atomic E-state index is 0.117. The number of aliphatic hydroxyl groups excluding tert-OH is 2. The molecule has 0 unspecified atom stereocenters. The number of rotatable bonds is 15. The van der Waals surface area contributed by atoms with E-state index in [4.69, 9.17) is 4.74 Å². The Labute approximate surface area is 241 Å². The van der Waals surface area contributed by atoms with Gasteiger partial charge in [0.25, 0.3) is 0 Å². The van der Waals surface area contributed by atoms with Gasteiger partial charge in [0.05, 0.1) is 31.7 Å². The first kappa shape index (κ1) is 29.7. The molecule has 2 aromatic carbocycles. The fourth-order valence-electron chi connectivity index (χ4n) is 3.92. The number of carbonyl (C=O) groups is 2. The van der Waals surface area contributed by atoms with Crippen LogP contribution in [-0.2, 0) is 35.3 Å². The molecule has 2 aromatic heterocycles. The predicted octanol–water partition coefficient (Wildman–Crippen LogP) is 2.99. The molecule has 0 bridgehead atoms. The Hall–Kier alpha value is -4.26. The summed E-state index contributed by atoms with van der Waals surface area (Å²) < 4.78 is 5.49. The number of aliphatic hydroxyl groups is 2. The van der Waals surface area contributed by atoms with Crippen LogP contribution in [0.3, 0.4) is 0 Å². The van der Waals surface area contributed by atoms with Gasteiger partial charge in [-0.15, -0.1) is 15.3 Å². The molecule has 4 aromatic rings. The molecule has 0 saturated heterocycles. The molecule has 214 valence electrons. The van der Waals surface area contributed by atoms with Crippen LogP contribution in [0, 0.1) is 0 Å². The zero-order valence-corrected chi connectivity index (χ0v) is 23.2. The van der Waals surface area contributed by atoms with E-state index in [0.29, 0.717) is 16.7 Å². The van der Waals surface area contributed by atoms with E-state index in [2.05, 4.69) is 31.0 Å². The molecule has 2 heterocycles. The molecule has 41 heavy (non-hydrogen) atoms. The maximum absolute atomic E-state index is 12.5. The molecule has 11 nitrogen and oxygen atoms in total. The van der Waals surface area contributed by atoms with Crippen LogP contribution < -0.4 is 15.4 Å². The van der Waals surface area contributed by atoms with Gasteiger partial charge in [-0.05, 0) is 54.7 Å². The summed E-state index contributed by atoms with van der Waals surface area (Å²) in [7, 11) is 0. The first-order valence-electron chi connectivity index (χ1n) is 13.3. The van der Waals surface area contributed by atoms with Gasteiger partial charge in [0.2, 0.25) is 16.9 Å². The van der Waals surface area contributed by atoms with E-state index in [-0.39, 0.29) is 37.9 Å². The molecule has 0 aliphatic heterocycles. The van der Waals surface area contributed by atoms with Gasteiger partial charge in [-0.3, -0.25) is 9.59 Å². The average molecular weight is 577 g/mol. The summed E-state index contributed by atoms with van der Waals surface area (Å²) in [5.74, 6) is 0.523. The van der Waals surface area contributed by atoms with Gasteiger partial charge in [0.15, 0.2) is 5.82 Å². The molecule has 12 heteroatoms. The summed E-state index contributed by atoms with van der Waals surface area (Å²) in [6.07, 6.45) is 2.90. The number of anilines is 2. The summed E-state index contributed by atoms with van der Waals surface area (Å²) in [5, 5.41) is 41.8. The van der Waals surface area contributed by atoms with Crippen LogP contribution in [0.4, 0.5) is 10.9 Å². The van der Waals surface area contributed by atoms with Gasteiger partial charge >= 0.3 is 0 Å². The minimum atomic E-state index is -0.711. The van der Waals surface area contributed by atoms with Crippen molar-refractivity contribution < 1.29 is 24.5 Å². The molecule has 4 N–H and O–H groups in total. The van der Waals surface area contributed by atoms with Crippen LogP contribution in [-0.4, -0.2) is 61.7 Å². The van der Waals surface area contributed by atoms with Gasteiger partial charge in [-0.1, -0.05) is 53.8 Å². The summed E-state index contributed by atoms with van der Waals surface area (Å²) in [4.78, 5) is 24.7. The second-order valence-corrected chi connectivity index (χ2v) is 10.4. The third-order valence-electron chi connectivity index (χ3n) is 5.95. The molecule has 0 fully saturated rings. The standard InChI is InChI=1S/C29H32N6O5S/c36-18-24(19-37)40-23-11-6-9-21(15-23)17-27(39)31-29-35-34-28(41-29)12-5-4-10-22-13-14-25(33-32-22)30-26(38)16-20-7-2-1-3-8-20/h1-3,6-9,11,13-15,24,36-37H,4-5,10,12,16-19H2,(H,30,33,38)(H,31,35,39). The summed E-state index contributed by atoms with van der Waals surface area (Å²) in [6, 6.07) is 20.1. The summed E-state index contributed by atoms with van der Waals surface area (Å²) in [5.41, 5.74) is 2.50. The Morgan fingerprint density at radius 2 is 1.51 bits per heavy atom. The number of nitrogens with zero attached hydrogens (tertiary/aromatic N) is 4. The number of unbranched alkanes of at least 4 members (excludes halogenated alkanes) is 1. The van der Waals surface area contributed by atoms with E-state index in [9.17, 15) is 19.8 Å². The Kier molecular flexibility index (Phi) is 11.2. The van der Waals surface area contributed by atoms with Crippen molar-refractivity contribution in [1.82, 2.24) is 20.4 Å². The molecule has 0 aliphatic rings. The van der Waals surface area contributed by atoms with Crippen molar-refractivity contribution in [1.29, 1.82) is 0 Å². The second-order valence-electron chi connectivity index (χ2n) is 9.31. The largest absolute Gasteiger partial charge is 0.486 e. The molecule has 0 atom stereocenters. The topological polar surface area (TPSA) is 159 Å². The lowest BCUT2D eigenvalue weighted by molar-refractivity contribution is -0.116. The maximum atomic E-state index is 12.5. The van der Waals surface area contributed by atoms with E-state index < -0.39 is 6.10 Å². The van der Waals surface area contributed by atoms with Gasteiger partial charge < -0.3 is 25.6 Å². The van der Waals surface area contributed by atoms with Crippen molar-refractivity contribution in [3.8, 4) is 5.75 Å². The molecule has 0 aliphatic carbocycles. The van der Waals surface area contributed by atoms with Crippen LogP contribution in [0.5, 0.6) is 5.75 Å². The van der Waals surface area contributed by atoms with E-state index in [1.807, 2.05) is 36.4 Å². The predicted molar refractivity (Wildman–Crippen MR) is 155 cm³/mol. The highest BCUT2D eigenvalue weighted by atomic mass is 32.1. The van der Waals surface area contributed by atoms with Crippen LogP contribution in [0.25, 0.3) is 0 Å². The lowest BCUT2D eigenvalue weighted by Crippen LogP contribution is -2.25. The zero-order valence-electron chi connectivity index (χ0n) is 22.4. The van der Waals surface area contributed by atoms with E-state index in [1.54, 1.807) is 30.3 Å². The number of ether oxygens (including phenoxy) is 1. The highest BCUT2D eigenvalue weighted by Gasteiger charge is 2.12. The first-order chi connectivity index (χ1) is 20.0. The van der Waals surface area contributed by atoms with Gasteiger partial charge in [-0.2, -0.15) is 5.10 Å². The number of hydrogen-bond acceptors (Lipinski definition) is 10. The smallest absolute Gasteiger partial charge is 0.230 e. The number of carbonyl (C=O) groups excluding carboxylic acids is 2. The molecular weight excluding hydrogens is 544 g/mol. The van der Waals surface area contributed by atoms with Gasteiger partial charge in [-0.25, -0.2) is 0 Å². The first-order valence-corrected chi connectivity index (χ1v) is 14.1. The molecule has 0 spiro atoms. The van der Waals surface area contributed by atoms with Crippen LogP contribution in [0.1, 0.15) is 34.7 Å². The Morgan fingerprint density at radius 1 is 0.780 bits per heavy atom. The fourth-order valence-corrected chi connectivity index (χ4v) is 4.72. The Morgan fingerprint density at radius 3 is 2.27 bits per heavy atom. The highest BCUT2D eigenvalue weighted by Crippen LogP contribution is 2.19. The van der Waals surface area contributed by atoms with Crippen LogP contribution >= 0.6 is 11.3 Å². The van der Waals surface area contributed by atoms with E-state index in [0.717, 1.165) is 47.5 Å². The third-order valence-corrected chi connectivity index (χ3v) is 6.85. The summed E-state index contributed by atoms with van der Waals surface area (Å²) in [6.45, 7) is -0.614. The monoisotopic (exact) mass is 576 g/mol. The normalized spacial score (nSPS) is 10.9. The third kappa shape index (κ3) is 10.0. The zero-order chi connectivity index (χ0) is 28.9. The lowest BCUT2D eigenvalue weighted by atomic mass is 10.1. The quantitative estimate of drug-likeness (QED) is 0.156. The maximum Gasteiger partial charge on any atom is 0.230 e. The van der Waals surface area contributed by atoms with Crippen molar-refractivity contribution in [2.75, 3.05) is 23.8 Å². The van der Waals surface area contributed by atoms with Gasteiger partial charge in [0.1, 0.15) is 16.9 Å². The van der Waals surface area contributed by atoms with Crippen molar-refractivity contribution in [2.24, 2.45) is 0 Å². The van der Waals surface area contributed by atoms with Crippen molar-refractivity contribution in [3.63, 3.8) is 0 Å². The van der Waals surface area contributed by atoms with Gasteiger partial charge in [0, 0.05) is 6.42 Å². The number of benzene rings is 2. The lowest BCUT2D eigenvalue weighted by Gasteiger charge is -2.14. The van der Waals surface area contributed by atoms with Crippen molar-refractivity contribution in [3.05, 3.63) is 88.6 Å². The molecule has 0 radical (unpaired) electrons. The molecule has 2 amide bonds. The number of amides is 2. The summed E-state index contributed by atoms with van der Waals surface area (Å²) >= 11 is 1.34. The number of hydrogen-bond donors (Lipinski definition) is 4. The minimum Gasteiger partial charge on any atom is -0.486 e. The van der Waals surface area contributed by atoms with Crippen LogP contribution in [0.15, 0.2) is 66.7 Å².